The minimum atomic E-state index is -0.402. The number of aliphatic hydroxyl groups is 1. The zero-order valence-corrected chi connectivity index (χ0v) is 10.5. The maximum absolute atomic E-state index is 9.42. The van der Waals surface area contributed by atoms with Gasteiger partial charge in [0.1, 0.15) is 0 Å². The Hall–Kier alpha value is -0.610. The number of aromatic nitrogens is 1. The molecule has 0 bridgehead atoms. The van der Waals surface area contributed by atoms with Crippen molar-refractivity contribution in [3.8, 4) is 0 Å². The molecule has 0 amide bonds. The van der Waals surface area contributed by atoms with Gasteiger partial charge in [0.25, 0.3) is 0 Å². The van der Waals surface area contributed by atoms with E-state index in [1.54, 1.807) is 24.5 Å². The first-order valence-corrected chi connectivity index (χ1v) is 6.39. The van der Waals surface area contributed by atoms with E-state index in [9.17, 15) is 5.11 Å². The molecule has 1 rings (SSSR count). The predicted molar refractivity (Wildman–Crippen MR) is 65.5 cm³/mol. The van der Waals surface area contributed by atoms with Crippen LogP contribution < -0.4 is 4.90 Å². The number of anilines is 1. The molecule has 1 heterocycles. The highest BCUT2D eigenvalue weighted by atomic mass is 32.1. The van der Waals surface area contributed by atoms with Crippen molar-refractivity contribution in [2.24, 2.45) is 0 Å². The largest absolute Gasteiger partial charge is 0.388 e. The van der Waals surface area contributed by atoms with Gasteiger partial charge in [0.05, 0.1) is 11.0 Å². The third-order valence-electron chi connectivity index (χ3n) is 2.36. The molecule has 0 fully saturated rings. The van der Waals surface area contributed by atoms with E-state index >= 15 is 0 Å². The molecule has 1 atom stereocenters. The average molecular weight is 228 g/mol. The molecule has 1 unspecified atom stereocenters. The summed E-state index contributed by atoms with van der Waals surface area (Å²) in [5, 5.41) is 10.4. The first kappa shape index (κ1) is 12.5. The van der Waals surface area contributed by atoms with Crippen molar-refractivity contribution in [2.45, 2.75) is 39.7 Å². The summed E-state index contributed by atoms with van der Waals surface area (Å²) in [6.07, 6.45) is 3.77. The van der Waals surface area contributed by atoms with E-state index in [4.69, 9.17) is 0 Å². The molecule has 0 saturated carbocycles. The van der Waals surface area contributed by atoms with E-state index in [1.165, 1.54) is 12.8 Å². The first-order chi connectivity index (χ1) is 7.19. The van der Waals surface area contributed by atoms with Gasteiger partial charge in [0.2, 0.25) is 0 Å². The van der Waals surface area contributed by atoms with Crippen molar-refractivity contribution in [3.05, 3.63) is 11.1 Å². The number of rotatable bonds is 6. The third kappa shape index (κ3) is 3.47. The standard InChI is InChI=1S/C11H20N2OS/c1-4-6-7-13(5-2)11-12-8-10(15-11)9(3)14/h8-9,14H,4-7H2,1-3H3. The maximum atomic E-state index is 9.42. The van der Waals surface area contributed by atoms with Crippen molar-refractivity contribution in [3.63, 3.8) is 0 Å². The molecular formula is C11H20N2OS. The van der Waals surface area contributed by atoms with Gasteiger partial charge >= 0.3 is 0 Å². The van der Waals surface area contributed by atoms with Gasteiger partial charge in [-0.25, -0.2) is 4.98 Å². The van der Waals surface area contributed by atoms with Crippen LogP contribution in [-0.2, 0) is 0 Å². The molecule has 86 valence electrons. The molecule has 0 aliphatic carbocycles. The third-order valence-corrected chi connectivity index (χ3v) is 3.59. The molecule has 0 aliphatic rings. The molecule has 0 aromatic carbocycles. The van der Waals surface area contributed by atoms with Gasteiger partial charge < -0.3 is 10.0 Å². The van der Waals surface area contributed by atoms with Crippen molar-refractivity contribution in [1.82, 2.24) is 4.98 Å². The Morgan fingerprint density at radius 1 is 1.53 bits per heavy atom. The van der Waals surface area contributed by atoms with Gasteiger partial charge in [-0.05, 0) is 20.3 Å². The monoisotopic (exact) mass is 228 g/mol. The van der Waals surface area contributed by atoms with E-state index in [-0.39, 0.29) is 0 Å². The molecule has 0 aliphatic heterocycles. The molecule has 0 saturated heterocycles. The van der Waals surface area contributed by atoms with Crippen LogP contribution in [0.5, 0.6) is 0 Å². The van der Waals surface area contributed by atoms with Crippen molar-refractivity contribution >= 4 is 16.5 Å². The highest BCUT2D eigenvalue weighted by molar-refractivity contribution is 7.15. The minimum absolute atomic E-state index is 0.402. The van der Waals surface area contributed by atoms with Crippen LogP contribution in [0.3, 0.4) is 0 Å². The van der Waals surface area contributed by atoms with Gasteiger partial charge in [-0.1, -0.05) is 24.7 Å². The summed E-state index contributed by atoms with van der Waals surface area (Å²) in [4.78, 5) is 7.55. The fourth-order valence-corrected chi connectivity index (χ4v) is 2.30. The summed E-state index contributed by atoms with van der Waals surface area (Å²) in [7, 11) is 0. The molecule has 0 spiro atoms. The Morgan fingerprint density at radius 2 is 2.27 bits per heavy atom. The molecular weight excluding hydrogens is 208 g/mol. The Bertz CT molecular complexity index is 286. The van der Waals surface area contributed by atoms with Gasteiger partial charge in [-0.2, -0.15) is 0 Å². The summed E-state index contributed by atoms with van der Waals surface area (Å²) in [5.41, 5.74) is 0. The number of hydrogen-bond acceptors (Lipinski definition) is 4. The number of nitrogens with zero attached hydrogens (tertiary/aromatic N) is 2. The number of aliphatic hydroxyl groups excluding tert-OH is 1. The zero-order chi connectivity index (χ0) is 11.3. The van der Waals surface area contributed by atoms with Crippen LogP contribution in [0.4, 0.5) is 5.13 Å². The predicted octanol–water partition coefficient (Wildman–Crippen LogP) is 2.82. The number of thiazole rings is 1. The van der Waals surface area contributed by atoms with Crippen LogP contribution >= 0.6 is 11.3 Å². The van der Waals surface area contributed by atoms with Crippen LogP contribution in [0.1, 0.15) is 44.6 Å². The molecule has 1 aromatic heterocycles. The topological polar surface area (TPSA) is 36.4 Å². The molecule has 3 nitrogen and oxygen atoms in total. The van der Waals surface area contributed by atoms with Crippen LogP contribution in [0.25, 0.3) is 0 Å². The lowest BCUT2D eigenvalue weighted by molar-refractivity contribution is 0.203. The van der Waals surface area contributed by atoms with Crippen LogP contribution in [-0.4, -0.2) is 23.2 Å². The molecule has 1 N–H and O–H groups in total. The smallest absolute Gasteiger partial charge is 0.185 e. The highest BCUT2D eigenvalue weighted by Gasteiger charge is 2.11. The van der Waals surface area contributed by atoms with Crippen molar-refractivity contribution < 1.29 is 5.11 Å². The van der Waals surface area contributed by atoms with E-state index < -0.39 is 6.10 Å². The minimum Gasteiger partial charge on any atom is -0.388 e. The van der Waals surface area contributed by atoms with Gasteiger partial charge in [0, 0.05) is 19.3 Å². The maximum Gasteiger partial charge on any atom is 0.185 e. The average Bonchev–Trinajstić information content (AvgIpc) is 2.68. The molecule has 1 aromatic rings. The summed E-state index contributed by atoms with van der Waals surface area (Å²) in [6.45, 7) is 8.14. The number of hydrogen-bond donors (Lipinski definition) is 1. The van der Waals surface area contributed by atoms with E-state index in [1.807, 2.05) is 0 Å². The van der Waals surface area contributed by atoms with Crippen LogP contribution in [0, 0.1) is 0 Å². The Labute approximate surface area is 95.8 Å². The van der Waals surface area contributed by atoms with E-state index in [2.05, 4.69) is 23.7 Å². The summed E-state index contributed by atoms with van der Waals surface area (Å²) >= 11 is 1.59. The zero-order valence-electron chi connectivity index (χ0n) is 9.73. The van der Waals surface area contributed by atoms with Gasteiger partial charge in [-0.15, -0.1) is 0 Å². The summed E-state index contributed by atoms with van der Waals surface area (Å²) in [5.74, 6) is 0. The lowest BCUT2D eigenvalue weighted by atomic mass is 10.3. The molecule has 4 heteroatoms. The molecule has 15 heavy (non-hydrogen) atoms. The first-order valence-electron chi connectivity index (χ1n) is 5.57. The fraction of sp³-hybridized carbons (Fsp3) is 0.727. The van der Waals surface area contributed by atoms with Gasteiger partial charge in [-0.3, -0.25) is 0 Å². The second kappa shape index (κ2) is 6.08. The molecule has 0 radical (unpaired) electrons. The SMILES string of the molecule is CCCCN(CC)c1ncc(C(C)O)s1. The van der Waals surface area contributed by atoms with Crippen LogP contribution in [0.2, 0.25) is 0 Å². The van der Waals surface area contributed by atoms with Gasteiger partial charge in [0.15, 0.2) is 5.13 Å². The second-order valence-corrected chi connectivity index (χ2v) is 4.70. The lowest BCUT2D eigenvalue weighted by Crippen LogP contribution is -2.23. The van der Waals surface area contributed by atoms with Crippen LogP contribution in [0.15, 0.2) is 6.20 Å². The van der Waals surface area contributed by atoms with E-state index in [0.29, 0.717) is 0 Å². The van der Waals surface area contributed by atoms with E-state index in [0.717, 1.165) is 23.1 Å². The van der Waals surface area contributed by atoms with Crippen molar-refractivity contribution in [1.29, 1.82) is 0 Å². The Balaban J connectivity index is 2.65. The second-order valence-electron chi connectivity index (χ2n) is 3.65. The Morgan fingerprint density at radius 3 is 2.73 bits per heavy atom. The van der Waals surface area contributed by atoms with Crippen molar-refractivity contribution in [2.75, 3.05) is 18.0 Å². The summed E-state index contributed by atoms with van der Waals surface area (Å²) < 4.78 is 0. The Kier molecular flexibility index (Phi) is 5.05. The number of unbranched alkanes of at least 4 members (excludes halogenated alkanes) is 1. The quantitative estimate of drug-likeness (QED) is 0.813. The summed E-state index contributed by atoms with van der Waals surface area (Å²) in [6, 6.07) is 0. The highest BCUT2D eigenvalue weighted by Crippen LogP contribution is 2.26. The normalized spacial score (nSPS) is 12.8. The fourth-order valence-electron chi connectivity index (χ4n) is 1.35. The lowest BCUT2D eigenvalue weighted by Gasteiger charge is -2.18.